The number of amides is 1. The molecule has 2 saturated heterocycles. The highest BCUT2D eigenvalue weighted by Crippen LogP contribution is 2.25. The molecule has 29 heavy (non-hydrogen) atoms. The molecule has 1 aromatic carbocycles. The van der Waals surface area contributed by atoms with E-state index >= 15 is 0 Å². The van der Waals surface area contributed by atoms with Crippen LogP contribution in [0.4, 0.5) is 0 Å². The van der Waals surface area contributed by atoms with Gasteiger partial charge >= 0.3 is 0 Å². The lowest BCUT2D eigenvalue weighted by atomic mass is 10.1. The highest BCUT2D eigenvalue weighted by atomic mass is 16.5. The van der Waals surface area contributed by atoms with E-state index < -0.39 is 0 Å². The van der Waals surface area contributed by atoms with Gasteiger partial charge in [0.25, 0.3) is 0 Å². The number of carbonyl (C=O) groups excluding carboxylic acids is 1. The van der Waals surface area contributed by atoms with Gasteiger partial charge in [0.05, 0.1) is 44.0 Å². The van der Waals surface area contributed by atoms with Gasteiger partial charge in [-0.15, -0.1) is 0 Å². The zero-order valence-corrected chi connectivity index (χ0v) is 16.9. The summed E-state index contributed by atoms with van der Waals surface area (Å²) in [4.78, 5) is 25.9. The van der Waals surface area contributed by atoms with Crippen LogP contribution in [0.3, 0.4) is 0 Å². The van der Waals surface area contributed by atoms with Crippen molar-refractivity contribution in [3.05, 3.63) is 42.4 Å². The second kappa shape index (κ2) is 9.33. The number of piperidine rings is 1. The quantitative estimate of drug-likeness (QED) is 0.774. The van der Waals surface area contributed by atoms with Gasteiger partial charge < -0.3 is 14.4 Å². The van der Waals surface area contributed by atoms with Crippen molar-refractivity contribution in [2.24, 2.45) is 0 Å². The van der Waals surface area contributed by atoms with E-state index in [2.05, 4.69) is 9.88 Å². The normalized spacial score (nSPS) is 20.4. The highest BCUT2D eigenvalue weighted by molar-refractivity contribution is 5.78. The summed E-state index contributed by atoms with van der Waals surface area (Å²) in [6.07, 6.45) is 6.78. The summed E-state index contributed by atoms with van der Waals surface area (Å²) in [7, 11) is 1.65. The molecule has 1 aromatic heterocycles. The monoisotopic (exact) mass is 396 g/mol. The SMILES string of the molecule is COc1cccc(-c2cncc(C3CN(CC(=O)N4CCCCC4)CCO3)n2)c1. The Bertz CT molecular complexity index is 838. The molecule has 0 spiro atoms. The van der Waals surface area contributed by atoms with Gasteiger partial charge in [-0.05, 0) is 31.4 Å². The average molecular weight is 396 g/mol. The summed E-state index contributed by atoms with van der Waals surface area (Å²) in [6, 6.07) is 7.77. The molecule has 4 rings (SSSR count). The van der Waals surface area contributed by atoms with Crippen LogP contribution < -0.4 is 4.74 Å². The van der Waals surface area contributed by atoms with Crippen molar-refractivity contribution in [3.8, 4) is 17.0 Å². The van der Waals surface area contributed by atoms with Gasteiger partial charge in [0.15, 0.2) is 0 Å². The predicted molar refractivity (Wildman–Crippen MR) is 110 cm³/mol. The van der Waals surface area contributed by atoms with Crippen LogP contribution in [0.5, 0.6) is 5.75 Å². The Morgan fingerprint density at radius 3 is 2.90 bits per heavy atom. The van der Waals surface area contributed by atoms with Crippen molar-refractivity contribution < 1.29 is 14.3 Å². The number of ether oxygens (including phenoxy) is 2. The Balaban J connectivity index is 1.43. The fourth-order valence-electron chi connectivity index (χ4n) is 3.92. The van der Waals surface area contributed by atoms with Crippen molar-refractivity contribution >= 4 is 5.91 Å². The molecular formula is C22H28N4O3. The van der Waals surface area contributed by atoms with Crippen LogP contribution in [-0.2, 0) is 9.53 Å². The predicted octanol–water partition coefficient (Wildman–Crippen LogP) is 2.54. The Labute approximate surface area is 171 Å². The van der Waals surface area contributed by atoms with Gasteiger partial charge in [0.2, 0.25) is 5.91 Å². The van der Waals surface area contributed by atoms with Gasteiger partial charge in [0, 0.05) is 31.7 Å². The largest absolute Gasteiger partial charge is 0.497 e. The minimum Gasteiger partial charge on any atom is -0.497 e. The average Bonchev–Trinajstić information content (AvgIpc) is 2.80. The maximum Gasteiger partial charge on any atom is 0.236 e. The summed E-state index contributed by atoms with van der Waals surface area (Å²) in [5.41, 5.74) is 2.53. The lowest BCUT2D eigenvalue weighted by Crippen LogP contribution is -2.46. The zero-order chi connectivity index (χ0) is 20.1. The molecular weight excluding hydrogens is 368 g/mol. The molecule has 2 aliphatic rings. The van der Waals surface area contributed by atoms with Gasteiger partial charge in [0.1, 0.15) is 11.9 Å². The Hall–Kier alpha value is -2.51. The second-order valence-corrected chi connectivity index (χ2v) is 7.60. The number of carbonyl (C=O) groups is 1. The first kappa shape index (κ1) is 19.8. The number of aromatic nitrogens is 2. The highest BCUT2D eigenvalue weighted by Gasteiger charge is 2.27. The summed E-state index contributed by atoms with van der Waals surface area (Å²) in [5, 5.41) is 0. The van der Waals surface area contributed by atoms with Crippen LogP contribution in [-0.4, -0.2) is 72.1 Å². The number of nitrogens with zero attached hydrogens (tertiary/aromatic N) is 4. The van der Waals surface area contributed by atoms with Crippen LogP contribution in [0.1, 0.15) is 31.1 Å². The molecule has 1 amide bonds. The summed E-state index contributed by atoms with van der Waals surface area (Å²) < 4.78 is 11.3. The minimum atomic E-state index is -0.184. The fraction of sp³-hybridized carbons (Fsp3) is 0.500. The van der Waals surface area contributed by atoms with Crippen molar-refractivity contribution in [1.29, 1.82) is 0 Å². The number of rotatable bonds is 5. The maximum absolute atomic E-state index is 12.6. The molecule has 2 aliphatic heterocycles. The van der Waals surface area contributed by atoms with Gasteiger partial charge in [-0.3, -0.25) is 14.7 Å². The van der Waals surface area contributed by atoms with Gasteiger partial charge in [-0.2, -0.15) is 0 Å². The molecule has 1 atom stereocenters. The third-order valence-corrected chi connectivity index (χ3v) is 5.57. The molecule has 2 fully saturated rings. The van der Waals surface area contributed by atoms with Crippen molar-refractivity contribution in [1.82, 2.24) is 19.8 Å². The summed E-state index contributed by atoms with van der Waals surface area (Å²) in [6.45, 7) is 4.22. The third kappa shape index (κ3) is 4.92. The Kier molecular flexibility index (Phi) is 6.36. The molecule has 0 N–H and O–H groups in total. The topological polar surface area (TPSA) is 67.8 Å². The van der Waals surface area contributed by atoms with E-state index in [1.807, 2.05) is 29.2 Å². The molecule has 3 heterocycles. The maximum atomic E-state index is 12.6. The molecule has 0 saturated carbocycles. The number of hydrogen-bond acceptors (Lipinski definition) is 6. The molecule has 0 aliphatic carbocycles. The molecule has 0 bridgehead atoms. The molecule has 154 valence electrons. The van der Waals surface area contributed by atoms with Crippen LogP contribution in [0.2, 0.25) is 0 Å². The number of likely N-dealkylation sites (tertiary alicyclic amines) is 1. The molecule has 7 heteroatoms. The number of benzene rings is 1. The van der Waals surface area contributed by atoms with E-state index in [-0.39, 0.29) is 12.0 Å². The number of methoxy groups -OCH3 is 1. The first-order valence-corrected chi connectivity index (χ1v) is 10.3. The van der Waals surface area contributed by atoms with E-state index in [0.717, 1.165) is 55.2 Å². The lowest BCUT2D eigenvalue weighted by molar-refractivity contribution is -0.135. The molecule has 1 unspecified atom stereocenters. The van der Waals surface area contributed by atoms with Crippen molar-refractivity contribution in [2.75, 3.05) is 46.4 Å². The smallest absolute Gasteiger partial charge is 0.236 e. The third-order valence-electron chi connectivity index (χ3n) is 5.57. The summed E-state index contributed by atoms with van der Waals surface area (Å²) in [5.74, 6) is 1.01. The molecule has 7 nitrogen and oxygen atoms in total. The van der Waals surface area contributed by atoms with Crippen LogP contribution in [0, 0.1) is 0 Å². The minimum absolute atomic E-state index is 0.184. The van der Waals surface area contributed by atoms with Gasteiger partial charge in [-0.1, -0.05) is 12.1 Å². The molecule has 0 radical (unpaired) electrons. The van der Waals surface area contributed by atoms with E-state index in [9.17, 15) is 4.79 Å². The standard InChI is InChI=1S/C22H28N4O3/c1-28-18-7-5-6-17(12-18)19-13-23-14-20(24-19)21-15-25(10-11-29-21)16-22(27)26-8-3-2-4-9-26/h5-7,12-14,21H,2-4,8-11,15-16H2,1H3. The molecule has 2 aromatic rings. The van der Waals surface area contributed by atoms with Gasteiger partial charge in [-0.25, -0.2) is 4.98 Å². The summed E-state index contributed by atoms with van der Waals surface area (Å²) >= 11 is 0. The van der Waals surface area contributed by atoms with Crippen molar-refractivity contribution in [3.63, 3.8) is 0 Å². The lowest BCUT2D eigenvalue weighted by Gasteiger charge is -2.34. The van der Waals surface area contributed by atoms with Crippen LogP contribution in [0.15, 0.2) is 36.7 Å². The Morgan fingerprint density at radius 1 is 1.21 bits per heavy atom. The van der Waals surface area contributed by atoms with Crippen LogP contribution in [0.25, 0.3) is 11.3 Å². The van der Waals surface area contributed by atoms with E-state index in [1.165, 1.54) is 6.42 Å². The van der Waals surface area contributed by atoms with E-state index in [4.69, 9.17) is 14.5 Å². The van der Waals surface area contributed by atoms with Crippen molar-refractivity contribution in [2.45, 2.75) is 25.4 Å². The first-order chi connectivity index (χ1) is 14.2. The van der Waals surface area contributed by atoms with Crippen LogP contribution >= 0.6 is 0 Å². The van der Waals surface area contributed by atoms with E-state index in [0.29, 0.717) is 19.7 Å². The number of hydrogen-bond donors (Lipinski definition) is 0. The first-order valence-electron chi connectivity index (χ1n) is 10.3. The fourth-order valence-corrected chi connectivity index (χ4v) is 3.92. The number of morpholine rings is 1. The zero-order valence-electron chi connectivity index (χ0n) is 16.9. The second-order valence-electron chi connectivity index (χ2n) is 7.60. The Morgan fingerprint density at radius 2 is 2.07 bits per heavy atom. The van der Waals surface area contributed by atoms with E-state index in [1.54, 1.807) is 19.5 Å².